The van der Waals surface area contributed by atoms with Gasteiger partial charge in [0.15, 0.2) is 0 Å². The number of hydrogen-bond donors (Lipinski definition) is 1. The second-order valence-electron chi connectivity index (χ2n) is 4.01. The van der Waals surface area contributed by atoms with Gasteiger partial charge in [0.05, 0.1) is 16.7 Å². The first-order chi connectivity index (χ1) is 9.22. The molecular formula is C13H16N2O3S. The summed E-state index contributed by atoms with van der Waals surface area (Å²) < 4.78 is 7.64. The van der Waals surface area contributed by atoms with Crippen LogP contribution in [0, 0.1) is 0 Å². The van der Waals surface area contributed by atoms with Crippen LogP contribution < -0.4 is 10.9 Å². The average Bonchev–Trinajstić information content (AvgIpc) is 2.73. The second-order valence-corrected chi connectivity index (χ2v) is 5.08. The van der Waals surface area contributed by atoms with Gasteiger partial charge < -0.3 is 10.1 Å². The van der Waals surface area contributed by atoms with Crippen LogP contribution in [0.2, 0.25) is 0 Å². The van der Waals surface area contributed by atoms with Gasteiger partial charge in [-0.25, -0.2) is 4.79 Å². The average molecular weight is 280 g/mol. The van der Waals surface area contributed by atoms with Crippen molar-refractivity contribution < 1.29 is 9.53 Å². The SMILES string of the molecule is CCNC(=O)OCCCn1sc2ccccc2c1=O. The lowest BCUT2D eigenvalue weighted by atomic mass is 10.3. The number of aromatic nitrogens is 1. The Hall–Kier alpha value is -1.82. The molecule has 0 saturated carbocycles. The molecule has 0 spiro atoms. The van der Waals surface area contributed by atoms with Crippen LogP contribution in [0.15, 0.2) is 29.1 Å². The second kappa shape index (κ2) is 6.38. The van der Waals surface area contributed by atoms with E-state index in [0.717, 1.165) is 10.1 Å². The number of nitrogens with zero attached hydrogens (tertiary/aromatic N) is 1. The monoisotopic (exact) mass is 280 g/mol. The van der Waals surface area contributed by atoms with E-state index in [1.54, 1.807) is 3.96 Å². The summed E-state index contributed by atoms with van der Waals surface area (Å²) in [6, 6.07) is 7.54. The molecule has 1 amide bonds. The van der Waals surface area contributed by atoms with E-state index in [2.05, 4.69) is 5.32 Å². The smallest absolute Gasteiger partial charge is 0.407 e. The van der Waals surface area contributed by atoms with Crippen LogP contribution in [0.1, 0.15) is 13.3 Å². The van der Waals surface area contributed by atoms with Crippen molar-refractivity contribution in [1.82, 2.24) is 9.27 Å². The maximum atomic E-state index is 12.0. The lowest BCUT2D eigenvalue weighted by Gasteiger charge is -2.04. The maximum absolute atomic E-state index is 12.0. The summed E-state index contributed by atoms with van der Waals surface area (Å²) in [5.74, 6) is 0. The number of carbonyl (C=O) groups is 1. The topological polar surface area (TPSA) is 60.3 Å². The molecule has 0 atom stereocenters. The minimum Gasteiger partial charge on any atom is -0.449 e. The van der Waals surface area contributed by atoms with Crippen LogP contribution in [0.5, 0.6) is 0 Å². The van der Waals surface area contributed by atoms with Crippen LogP contribution in [-0.2, 0) is 11.3 Å². The molecule has 0 unspecified atom stereocenters. The fraction of sp³-hybridized carbons (Fsp3) is 0.385. The lowest BCUT2D eigenvalue weighted by molar-refractivity contribution is 0.144. The zero-order valence-corrected chi connectivity index (χ0v) is 11.5. The number of aryl methyl sites for hydroxylation is 1. The summed E-state index contributed by atoms with van der Waals surface area (Å²) in [6.45, 7) is 3.26. The largest absolute Gasteiger partial charge is 0.449 e. The first kappa shape index (κ1) is 13.6. The van der Waals surface area contributed by atoms with E-state index in [0.29, 0.717) is 26.1 Å². The molecule has 0 bridgehead atoms. The number of fused-ring (bicyclic) bond motifs is 1. The molecule has 0 aliphatic rings. The minimum atomic E-state index is -0.411. The van der Waals surface area contributed by atoms with E-state index < -0.39 is 6.09 Å². The predicted molar refractivity (Wildman–Crippen MR) is 75.7 cm³/mol. The fourth-order valence-corrected chi connectivity index (χ4v) is 2.77. The lowest BCUT2D eigenvalue weighted by Crippen LogP contribution is -2.24. The summed E-state index contributed by atoms with van der Waals surface area (Å²) >= 11 is 1.44. The Kier molecular flexibility index (Phi) is 4.57. The summed E-state index contributed by atoms with van der Waals surface area (Å²) in [5.41, 5.74) is 0.0265. The van der Waals surface area contributed by atoms with Crippen molar-refractivity contribution in [3.8, 4) is 0 Å². The fourth-order valence-electron chi connectivity index (χ4n) is 1.73. The predicted octanol–water partition coefficient (Wildman–Crippen LogP) is 2.20. The van der Waals surface area contributed by atoms with Crippen molar-refractivity contribution >= 4 is 27.7 Å². The highest BCUT2D eigenvalue weighted by Gasteiger charge is 2.06. The molecule has 1 N–H and O–H groups in total. The maximum Gasteiger partial charge on any atom is 0.407 e. The number of ether oxygens (including phenoxy) is 1. The Balaban J connectivity index is 1.90. The summed E-state index contributed by atoms with van der Waals surface area (Å²) in [7, 11) is 0. The highest BCUT2D eigenvalue weighted by atomic mass is 32.1. The van der Waals surface area contributed by atoms with Gasteiger partial charge in [-0.1, -0.05) is 23.7 Å². The van der Waals surface area contributed by atoms with Crippen LogP contribution in [0.25, 0.3) is 10.1 Å². The zero-order valence-electron chi connectivity index (χ0n) is 10.7. The van der Waals surface area contributed by atoms with Gasteiger partial charge in [-0.15, -0.1) is 0 Å². The van der Waals surface area contributed by atoms with Gasteiger partial charge in [-0.3, -0.25) is 8.75 Å². The van der Waals surface area contributed by atoms with Crippen LogP contribution in [0.3, 0.4) is 0 Å². The quantitative estimate of drug-likeness (QED) is 0.854. The molecule has 1 aromatic carbocycles. The molecule has 2 rings (SSSR count). The first-order valence-electron chi connectivity index (χ1n) is 6.22. The number of nitrogens with one attached hydrogen (secondary N) is 1. The van der Waals surface area contributed by atoms with Crippen molar-refractivity contribution in [3.05, 3.63) is 34.6 Å². The van der Waals surface area contributed by atoms with Gasteiger partial charge in [-0.2, -0.15) is 0 Å². The van der Waals surface area contributed by atoms with Crippen LogP contribution >= 0.6 is 11.5 Å². The summed E-state index contributed by atoms with van der Waals surface area (Å²) in [5, 5.41) is 3.30. The van der Waals surface area contributed by atoms with E-state index >= 15 is 0 Å². The van der Waals surface area contributed by atoms with Crippen molar-refractivity contribution in [2.45, 2.75) is 19.9 Å². The highest BCUT2D eigenvalue weighted by Crippen LogP contribution is 2.15. The van der Waals surface area contributed by atoms with Gasteiger partial charge in [0, 0.05) is 19.5 Å². The van der Waals surface area contributed by atoms with E-state index in [1.807, 2.05) is 31.2 Å². The standard InChI is InChI=1S/C13H16N2O3S/c1-2-14-13(17)18-9-5-8-15-12(16)10-6-3-4-7-11(10)19-15/h3-4,6-7H,2,5,8-9H2,1H3,(H,14,17). The first-order valence-corrected chi connectivity index (χ1v) is 6.99. The van der Waals surface area contributed by atoms with Crippen molar-refractivity contribution in [3.63, 3.8) is 0 Å². The van der Waals surface area contributed by atoms with Gasteiger partial charge in [-0.05, 0) is 19.1 Å². The Labute approximate surface area is 115 Å². The van der Waals surface area contributed by atoms with E-state index in [9.17, 15) is 9.59 Å². The third-order valence-electron chi connectivity index (χ3n) is 2.61. The van der Waals surface area contributed by atoms with Gasteiger partial charge in [0.1, 0.15) is 0 Å². The van der Waals surface area contributed by atoms with Crippen molar-refractivity contribution in [1.29, 1.82) is 0 Å². The Morgan fingerprint density at radius 2 is 2.21 bits per heavy atom. The Morgan fingerprint density at radius 3 is 2.95 bits per heavy atom. The third kappa shape index (κ3) is 3.35. The molecule has 6 heteroatoms. The molecule has 1 heterocycles. The molecule has 1 aromatic heterocycles. The van der Waals surface area contributed by atoms with Gasteiger partial charge in [0.2, 0.25) is 0 Å². The molecule has 5 nitrogen and oxygen atoms in total. The molecule has 2 aromatic rings. The summed E-state index contributed by atoms with van der Waals surface area (Å²) in [4.78, 5) is 23.1. The molecule has 0 fully saturated rings. The third-order valence-corrected chi connectivity index (χ3v) is 3.73. The normalized spacial score (nSPS) is 10.6. The number of carbonyl (C=O) groups excluding carboxylic acids is 1. The van der Waals surface area contributed by atoms with Gasteiger partial charge >= 0.3 is 6.09 Å². The number of amides is 1. The Morgan fingerprint density at radius 1 is 1.42 bits per heavy atom. The molecule has 102 valence electrons. The summed E-state index contributed by atoms with van der Waals surface area (Å²) in [6.07, 6.45) is 0.218. The number of benzene rings is 1. The van der Waals surface area contributed by atoms with E-state index in [1.165, 1.54) is 11.5 Å². The zero-order chi connectivity index (χ0) is 13.7. The van der Waals surface area contributed by atoms with Crippen molar-refractivity contribution in [2.24, 2.45) is 0 Å². The van der Waals surface area contributed by atoms with E-state index in [-0.39, 0.29) is 5.56 Å². The molecule has 19 heavy (non-hydrogen) atoms. The molecule has 0 aliphatic carbocycles. The Bertz CT molecular complexity index is 618. The molecule has 0 saturated heterocycles. The number of rotatable bonds is 5. The van der Waals surface area contributed by atoms with Gasteiger partial charge in [0.25, 0.3) is 5.56 Å². The minimum absolute atomic E-state index is 0.0265. The van der Waals surface area contributed by atoms with E-state index in [4.69, 9.17) is 4.74 Å². The van der Waals surface area contributed by atoms with Crippen molar-refractivity contribution in [2.75, 3.05) is 13.2 Å². The van der Waals surface area contributed by atoms with Crippen LogP contribution in [0.4, 0.5) is 4.79 Å². The number of hydrogen-bond acceptors (Lipinski definition) is 4. The molecular weight excluding hydrogens is 264 g/mol. The molecule has 0 radical (unpaired) electrons. The van der Waals surface area contributed by atoms with Crippen LogP contribution in [-0.4, -0.2) is 23.2 Å². The highest BCUT2D eigenvalue weighted by molar-refractivity contribution is 7.13. The number of alkyl carbamates (subject to hydrolysis) is 1. The molecule has 0 aliphatic heterocycles.